The molecule has 0 aliphatic rings. The van der Waals surface area contributed by atoms with E-state index in [0.29, 0.717) is 6.54 Å². The van der Waals surface area contributed by atoms with E-state index in [9.17, 15) is 5.11 Å². The van der Waals surface area contributed by atoms with Gasteiger partial charge in [-0.3, -0.25) is 0 Å². The van der Waals surface area contributed by atoms with Gasteiger partial charge in [0.1, 0.15) is 0 Å². The number of aliphatic hydroxyl groups excluding tert-OH is 1. The van der Waals surface area contributed by atoms with Crippen LogP contribution in [0.1, 0.15) is 30.9 Å². The van der Waals surface area contributed by atoms with Crippen molar-refractivity contribution in [1.82, 2.24) is 10.6 Å². The molecule has 0 amide bonds. The van der Waals surface area contributed by atoms with Crippen LogP contribution in [0.2, 0.25) is 0 Å². The van der Waals surface area contributed by atoms with Gasteiger partial charge in [0.25, 0.3) is 0 Å². The molecule has 0 heterocycles. The van der Waals surface area contributed by atoms with Gasteiger partial charge in [-0.2, -0.15) is 11.8 Å². The van der Waals surface area contributed by atoms with E-state index in [1.807, 2.05) is 36.0 Å². The zero-order valence-electron chi connectivity index (χ0n) is 13.5. The molecule has 0 saturated carbocycles. The molecule has 6 heteroatoms. The summed E-state index contributed by atoms with van der Waals surface area (Å²) < 4.78 is 0. The van der Waals surface area contributed by atoms with E-state index in [1.165, 1.54) is 12.2 Å². The van der Waals surface area contributed by atoms with Crippen LogP contribution in [0.15, 0.2) is 29.3 Å². The number of unbranched alkanes of at least 4 members (excludes halogenated alkanes) is 1. The average Bonchev–Trinajstić information content (AvgIpc) is 2.52. The largest absolute Gasteiger partial charge is 0.392 e. The normalized spacial score (nSPS) is 11.0. The standard InChI is InChI=1S/C16H27N3OS.HI/c1-3-17-16(18-10-6-7-11-21-2)19-12-14-8-4-5-9-15(14)13-20;/h4-5,8-9,20H,3,6-7,10-13H2,1-2H3,(H2,17,18,19);1H. The van der Waals surface area contributed by atoms with Crippen molar-refractivity contribution in [2.24, 2.45) is 4.99 Å². The lowest BCUT2D eigenvalue weighted by Crippen LogP contribution is -2.37. The highest BCUT2D eigenvalue weighted by Crippen LogP contribution is 2.09. The first-order valence-electron chi connectivity index (χ1n) is 7.50. The summed E-state index contributed by atoms with van der Waals surface area (Å²) in [6.07, 6.45) is 4.51. The van der Waals surface area contributed by atoms with Crippen LogP contribution in [0, 0.1) is 0 Å². The van der Waals surface area contributed by atoms with Crippen LogP contribution in [0.25, 0.3) is 0 Å². The average molecular weight is 437 g/mol. The highest BCUT2D eigenvalue weighted by atomic mass is 127. The Balaban J connectivity index is 0.00000441. The lowest BCUT2D eigenvalue weighted by atomic mass is 10.1. The van der Waals surface area contributed by atoms with Crippen LogP contribution in [0.3, 0.4) is 0 Å². The smallest absolute Gasteiger partial charge is 0.191 e. The molecular weight excluding hydrogens is 409 g/mol. The third kappa shape index (κ3) is 8.85. The lowest BCUT2D eigenvalue weighted by molar-refractivity contribution is 0.280. The van der Waals surface area contributed by atoms with Gasteiger partial charge in [0.2, 0.25) is 0 Å². The molecule has 0 aliphatic carbocycles. The topological polar surface area (TPSA) is 56.7 Å². The summed E-state index contributed by atoms with van der Waals surface area (Å²) in [6, 6.07) is 7.87. The molecule has 0 saturated heterocycles. The van der Waals surface area contributed by atoms with Gasteiger partial charge in [0, 0.05) is 13.1 Å². The fraction of sp³-hybridized carbons (Fsp3) is 0.562. The zero-order chi connectivity index (χ0) is 15.3. The van der Waals surface area contributed by atoms with Crippen molar-refractivity contribution in [1.29, 1.82) is 0 Å². The summed E-state index contributed by atoms with van der Waals surface area (Å²) in [5, 5.41) is 15.9. The zero-order valence-corrected chi connectivity index (χ0v) is 16.6. The molecule has 0 unspecified atom stereocenters. The van der Waals surface area contributed by atoms with Gasteiger partial charge in [0.15, 0.2) is 5.96 Å². The van der Waals surface area contributed by atoms with E-state index in [1.54, 1.807) is 0 Å². The van der Waals surface area contributed by atoms with Crippen molar-refractivity contribution in [3.05, 3.63) is 35.4 Å². The van der Waals surface area contributed by atoms with Crippen molar-refractivity contribution < 1.29 is 5.11 Å². The third-order valence-corrected chi connectivity index (χ3v) is 3.81. The summed E-state index contributed by atoms with van der Waals surface area (Å²) in [4.78, 5) is 4.59. The van der Waals surface area contributed by atoms with Gasteiger partial charge in [-0.1, -0.05) is 24.3 Å². The fourth-order valence-corrected chi connectivity index (χ4v) is 2.44. The minimum Gasteiger partial charge on any atom is -0.392 e. The van der Waals surface area contributed by atoms with Crippen LogP contribution in [0.4, 0.5) is 0 Å². The van der Waals surface area contributed by atoms with E-state index >= 15 is 0 Å². The molecule has 0 bridgehead atoms. The molecule has 0 spiro atoms. The summed E-state index contributed by atoms with van der Waals surface area (Å²) >= 11 is 1.89. The molecule has 4 nitrogen and oxygen atoms in total. The molecular formula is C16H28IN3OS. The Hall–Kier alpha value is -0.470. The Morgan fingerprint density at radius 2 is 1.91 bits per heavy atom. The molecule has 1 rings (SSSR count). The van der Waals surface area contributed by atoms with Crippen molar-refractivity contribution in [2.45, 2.75) is 32.9 Å². The van der Waals surface area contributed by atoms with Crippen LogP contribution >= 0.6 is 35.7 Å². The van der Waals surface area contributed by atoms with Crippen molar-refractivity contribution in [2.75, 3.05) is 25.1 Å². The molecule has 0 aromatic heterocycles. The molecule has 3 N–H and O–H groups in total. The second kappa shape index (κ2) is 14.1. The van der Waals surface area contributed by atoms with Crippen LogP contribution in [-0.4, -0.2) is 36.2 Å². The van der Waals surface area contributed by atoms with Gasteiger partial charge in [-0.15, -0.1) is 24.0 Å². The summed E-state index contributed by atoms with van der Waals surface area (Å²) in [6.45, 7) is 4.49. The van der Waals surface area contributed by atoms with Crippen LogP contribution < -0.4 is 10.6 Å². The minimum atomic E-state index is 0. The van der Waals surface area contributed by atoms with E-state index < -0.39 is 0 Å². The van der Waals surface area contributed by atoms with Crippen molar-refractivity contribution in [3.63, 3.8) is 0 Å². The molecule has 0 radical (unpaired) electrons. The van der Waals surface area contributed by atoms with Crippen LogP contribution in [-0.2, 0) is 13.2 Å². The first-order valence-corrected chi connectivity index (χ1v) is 8.90. The SMILES string of the molecule is CCNC(=NCc1ccccc1CO)NCCCCSC.I. The van der Waals surface area contributed by atoms with E-state index in [-0.39, 0.29) is 30.6 Å². The predicted molar refractivity (Wildman–Crippen MR) is 108 cm³/mol. The molecule has 126 valence electrons. The number of guanidine groups is 1. The number of aliphatic hydroxyl groups is 1. The molecule has 0 fully saturated rings. The second-order valence-corrected chi connectivity index (χ2v) is 5.73. The maximum atomic E-state index is 9.33. The monoisotopic (exact) mass is 437 g/mol. The Kier molecular flexibility index (Phi) is 13.8. The van der Waals surface area contributed by atoms with Gasteiger partial charge in [-0.05, 0) is 42.9 Å². The van der Waals surface area contributed by atoms with Crippen molar-refractivity contribution in [3.8, 4) is 0 Å². The van der Waals surface area contributed by atoms with E-state index in [0.717, 1.165) is 36.6 Å². The lowest BCUT2D eigenvalue weighted by Gasteiger charge is -2.12. The molecule has 1 aromatic rings. The number of halogens is 1. The third-order valence-electron chi connectivity index (χ3n) is 3.11. The quantitative estimate of drug-likeness (QED) is 0.241. The number of nitrogens with one attached hydrogen (secondary N) is 2. The second-order valence-electron chi connectivity index (χ2n) is 4.75. The summed E-state index contributed by atoms with van der Waals surface area (Å²) in [5.41, 5.74) is 2.01. The molecule has 0 aliphatic heterocycles. The van der Waals surface area contributed by atoms with Crippen molar-refractivity contribution >= 4 is 41.7 Å². The predicted octanol–water partition coefficient (Wildman–Crippen LogP) is 3.00. The van der Waals surface area contributed by atoms with E-state index in [2.05, 4.69) is 28.8 Å². The molecule has 22 heavy (non-hydrogen) atoms. The minimum absolute atomic E-state index is 0. The number of hydrogen-bond donors (Lipinski definition) is 3. The van der Waals surface area contributed by atoms with Gasteiger partial charge >= 0.3 is 0 Å². The summed E-state index contributed by atoms with van der Waals surface area (Å²) in [5.74, 6) is 2.05. The Bertz CT molecular complexity index is 430. The van der Waals surface area contributed by atoms with Gasteiger partial charge in [0.05, 0.1) is 13.2 Å². The maximum absolute atomic E-state index is 9.33. The van der Waals surface area contributed by atoms with Gasteiger partial charge in [-0.25, -0.2) is 4.99 Å². The number of nitrogens with zero attached hydrogens (tertiary/aromatic N) is 1. The van der Waals surface area contributed by atoms with Gasteiger partial charge < -0.3 is 15.7 Å². The van der Waals surface area contributed by atoms with Crippen LogP contribution in [0.5, 0.6) is 0 Å². The first-order chi connectivity index (χ1) is 10.3. The Morgan fingerprint density at radius 1 is 1.18 bits per heavy atom. The number of thioether (sulfide) groups is 1. The number of hydrogen-bond acceptors (Lipinski definition) is 3. The first kappa shape index (κ1) is 21.5. The Labute approximate surface area is 155 Å². The fourth-order valence-electron chi connectivity index (χ4n) is 1.95. The molecule has 0 atom stereocenters. The van der Waals surface area contributed by atoms with E-state index in [4.69, 9.17) is 0 Å². The summed E-state index contributed by atoms with van der Waals surface area (Å²) in [7, 11) is 0. The number of benzene rings is 1. The highest BCUT2D eigenvalue weighted by Gasteiger charge is 2.01. The highest BCUT2D eigenvalue weighted by molar-refractivity contribution is 14.0. The molecule has 1 aromatic carbocycles. The maximum Gasteiger partial charge on any atom is 0.191 e. The Morgan fingerprint density at radius 3 is 2.55 bits per heavy atom. The number of aliphatic imine (C=N–C) groups is 1. The number of rotatable bonds is 9.